The summed E-state index contributed by atoms with van der Waals surface area (Å²) in [5.41, 5.74) is 0. The fourth-order valence-corrected chi connectivity index (χ4v) is 4.30. The van der Waals surface area contributed by atoms with Gasteiger partial charge in [-0.25, -0.2) is 0 Å². The third-order valence-electron chi connectivity index (χ3n) is 5.75. The van der Waals surface area contributed by atoms with E-state index in [0.29, 0.717) is 5.92 Å². The zero-order valence-electron chi connectivity index (χ0n) is 17.5. The summed E-state index contributed by atoms with van der Waals surface area (Å²) in [6, 6.07) is 4.31. The molecule has 0 aliphatic carbocycles. The Kier molecular flexibility index (Phi) is 10.6. The van der Waals surface area contributed by atoms with E-state index < -0.39 is 0 Å². The van der Waals surface area contributed by atoms with Crippen LogP contribution in [0.15, 0.2) is 27.8 Å². The highest BCUT2D eigenvalue weighted by atomic mass is 127. The number of halogens is 1. The molecule has 2 aliphatic heterocycles. The van der Waals surface area contributed by atoms with Crippen molar-refractivity contribution in [1.82, 2.24) is 20.4 Å². The fourth-order valence-electron chi connectivity index (χ4n) is 4.30. The van der Waals surface area contributed by atoms with Crippen LogP contribution in [0, 0.1) is 5.92 Å². The first kappa shape index (κ1) is 23.5. The van der Waals surface area contributed by atoms with Gasteiger partial charge in [-0.2, -0.15) is 0 Å². The summed E-state index contributed by atoms with van der Waals surface area (Å²) in [7, 11) is 2.22. The number of rotatable bonds is 7. The van der Waals surface area contributed by atoms with Gasteiger partial charge in [-0.1, -0.05) is 6.42 Å². The number of aliphatic imine (C=N–C) groups is 1. The number of nitrogens with one attached hydrogen (secondary N) is 2. The van der Waals surface area contributed by atoms with Crippen LogP contribution in [0.1, 0.15) is 50.8 Å². The zero-order chi connectivity index (χ0) is 18.9. The molecule has 3 heterocycles. The number of guanidine groups is 1. The second-order valence-corrected chi connectivity index (χ2v) is 8.00. The molecule has 0 radical (unpaired) electrons. The van der Waals surface area contributed by atoms with Crippen LogP contribution in [-0.2, 0) is 0 Å². The van der Waals surface area contributed by atoms with Gasteiger partial charge < -0.3 is 20.0 Å². The molecule has 2 atom stereocenters. The summed E-state index contributed by atoms with van der Waals surface area (Å²) in [5.74, 6) is 2.67. The molecule has 2 aliphatic rings. The summed E-state index contributed by atoms with van der Waals surface area (Å²) in [6.45, 7) is 9.41. The Balaban J connectivity index is 0.00000280. The van der Waals surface area contributed by atoms with Gasteiger partial charge in [0, 0.05) is 19.6 Å². The molecule has 0 spiro atoms. The highest BCUT2D eigenvalue weighted by Gasteiger charge is 2.24. The van der Waals surface area contributed by atoms with Gasteiger partial charge in [0.2, 0.25) is 0 Å². The van der Waals surface area contributed by atoms with Crippen molar-refractivity contribution in [3.63, 3.8) is 0 Å². The van der Waals surface area contributed by atoms with Gasteiger partial charge in [0.1, 0.15) is 5.76 Å². The van der Waals surface area contributed by atoms with E-state index in [-0.39, 0.29) is 30.0 Å². The van der Waals surface area contributed by atoms with Crippen LogP contribution < -0.4 is 10.6 Å². The van der Waals surface area contributed by atoms with E-state index in [1.54, 1.807) is 6.26 Å². The average molecular weight is 503 g/mol. The van der Waals surface area contributed by atoms with E-state index in [0.717, 1.165) is 44.4 Å². The number of hydrogen-bond donors (Lipinski definition) is 2. The molecular weight excluding hydrogens is 465 g/mol. The standard InChI is InChI=1S/C21H37N5O.HI/c1-3-22-21(23-15-18-9-7-11-25(2)17-18)24-16-19(20-10-8-14-27-20)26-12-5-4-6-13-26;/h8,10,14,18-19H,3-7,9,11-13,15-17H2,1-2H3,(H2,22,23,24);1H. The maximum absolute atomic E-state index is 5.75. The van der Waals surface area contributed by atoms with Gasteiger partial charge in [0.25, 0.3) is 0 Å². The minimum atomic E-state index is 0. The molecule has 1 aromatic heterocycles. The molecule has 6 nitrogen and oxygen atoms in total. The summed E-state index contributed by atoms with van der Waals surface area (Å²) < 4.78 is 5.75. The van der Waals surface area contributed by atoms with Crippen molar-refractivity contribution < 1.29 is 4.42 Å². The van der Waals surface area contributed by atoms with Gasteiger partial charge in [-0.05, 0) is 77.3 Å². The molecule has 2 unspecified atom stereocenters. The number of piperidine rings is 2. The second-order valence-electron chi connectivity index (χ2n) is 8.00. The van der Waals surface area contributed by atoms with Crippen molar-refractivity contribution in [3.8, 4) is 0 Å². The molecular formula is C21H38IN5O. The number of furan rings is 1. The van der Waals surface area contributed by atoms with Crippen molar-refractivity contribution in [2.45, 2.75) is 45.1 Å². The van der Waals surface area contributed by atoms with Crippen molar-refractivity contribution >= 4 is 29.9 Å². The van der Waals surface area contributed by atoms with E-state index in [2.05, 4.69) is 40.5 Å². The van der Waals surface area contributed by atoms with Gasteiger partial charge >= 0.3 is 0 Å². The molecule has 0 amide bonds. The van der Waals surface area contributed by atoms with Gasteiger partial charge in [-0.3, -0.25) is 9.89 Å². The lowest BCUT2D eigenvalue weighted by Crippen LogP contribution is -2.44. The van der Waals surface area contributed by atoms with Crippen LogP contribution in [0.25, 0.3) is 0 Å². The molecule has 0 saturated carbocycles. The Morgan fingerprint density at radius 1 is 1.21 bits per heavy atom. The average Bonchev–Trinajstić information content (AvgIpc) is 3.21. The van der Waals surface area contributed by atoms with E-state index in [9.17, 15) is 0 Å². The Bertz CT molecular complexity index is 559. The Labute approximate surface area is 187 Å². The van der Waals surface area contributed by atoms with Gasteiger partial charge in [0.05, 0.1) is 18.8 Å². The Hall–Kier alpha value is -0.800. The molecule has 2 saturated heterocycles. The lowest BCUT2D eigenvalue weighted by atomic mass is 9.99. The third kappa shape index (κ3) is 7.22. The zero-order valence-corrected chi connectivity index (χ0v) is 19.9. The van der Waals surface area contributed by atoms with Crippen molar-refractivity contribution in [2.75, 3.05) is 52.9 Å². The molecule has 3 rings (SSSR count). The molecule has 1 aromatic rings. The monoisotopic (exact) mass is 503 g/mol. The summed E-state index contributed by atoms with van der Waals surface area (Å²) in [4.78, 5) is 9.89. The SMILES string of the molecule is CCNC(=NCC(c1ccco1)N1CCCCC1)NCC1CCCN(C)C1.I. The van der Waals surface area contributed by atoms with Crippen LogP contribution in [0.4, 0.5) is 0 Å². The first-order valence-electron chi connectivity index (χ1n) is 10.7. The molecule has 7 heteroatoms. The van der Waals surface area contributed by atoms with Gasteiger partial charge in [-0.15, -0.1) is 24.0 Å². The van der Waals surface area contributed by atoms with Crippen LogP contribution in [0.3, 0.4) is 0 Å². The Morgan fingerprint density at radius 2 is 2.04 bits per heavy atom. The highest BCUT2D eigenvalue weighted by molar-refractivity contribution is 14.0. The number of nitrogens with zero attached hydrogens (tertiary/aromatic N) is 3. The molecule has 0 bridgehead atoms. The van der Waals surface area contributed by atoms with Crippen LogP contribution >= 0.6 is 24.0 Å². The van der Waals surface area contributed by atoms with E-state index >= 15 is 0 Å². The predicted octanol–water partition coefficient (Wildman–Crippen LogP) is 3.32. The lowest BCUT2D eigenvalue weighted by Gasteiger charge is -2.33. The topological polar surface area (TPSA) is 56.0 Å². The minimum absolute atomic E-state index is 0. The number of likely N-dealkylation sites (tertiary alicyclic amines) is 2. The first-order chi connectivity index (χ1) is 13.3. The third-order valence-corrected chi connectivity index (χ3v) is 5.75. The normalized spacial score (nSPS) is 23.1. The molecule has 160 valence electrons. The molecule has 2 N–H and O–H groups in total. The van der Waals surface area contributed by atoms with E-state index in [1.165, 1.54) is 45.2 Å². The smallest absolute Gasteiger partial charge is 0.191 e. The summed E-state index contributed by atoms with van der Waals surface area (Å²) in [6.07, 6.45) is 8.26. The summed E-state index contributed by atoms with van der Waals surface area (Å²) in [5, 5.41) is 6.99. The van der Waals surface area contributed by atoms with Crippen LogP contribution in [0.5, 0.6) is 0 Å². The lowest BCUT2D eigenvalue weighted by molar-refractivity contribution is 0.150. The van der Waals surface area contributed by atoms with Crippen LogP contribution in [0.2, 0.25) is 0 Å². The van der Waals surface area contributed by atoms with Gasteiger partial charge in [0.15, 0.2) is 5.96 Å². The van der Waals surface area contributed by atoms with E-state index in [4.69, 9.17) is 9.41 Å². The Morgan fingerprint density at radius 3 is 2.71 bits per heavy atom. The molecule has 0 aromatic carbocycles. The number of hydrogen-bond acceptors (Lipinski definition) is 4. The maximum Gasteiger partial charge on any atom is 0.191 e. The first-order valence-corrected chi connectivity index (χ1v) is 10.7. The van der Waals surface area contributed by atoms with Crippen molar-refractivity contribution in [3.05, 3.63) is 24.2 Å². The van der Waals surface area contributed by atoms with Crippen LogP contribution in [-0.4, -0.2) is 68.6 Å². The highest BCUT2D eigenvalue weighted by Crippen LogP contribution is 2.25. The molecule has 2 fully saturated rings. The predicted molar refractivity (Wildman–Crippen MR) is 126 cm³/mol. The largest absolute Gasteiger partial charge is 0.468 e. The van der Waals surface area contributed by atoms with E-state index in [1.807, 2.05) is 6.07 Å². The van der Waals surface area contributed by atoms with Crippen molar-refractivity contribution in [2.24, 2.45) is 10.9 Å². The maximum atomic E-state index is 5.75. The fraction of sp³-hybridized carbons (Fsp3) is 0.762. The van der Waals surface area contributed by atoms with Crippen molar-refractivity contribution in [1.29, 1.82) is 0 Å². The quantitative estimate of drug-likeness (QED) is 0.340. The minimum Gasteiger partial charge on any atom is -0.468 e. The summed E-state index contributed by atoms with van der Waals surface area (Å²) >= 11 is 0. The molecule has 28 heavy (non-hydrogen) atoms. The second kappa shape index (κ2) is 12.7.